The third-order valence-electron chi connectivity index (χ3n) is 2.38. The van der Waals surface area contributed by atoms with E-state index in [4.69, 9.17) is 16.7 Å². The number of carboxylic acid groups (broad SMARTS) is 1. The zero-order valence-corrected chi connectivity index (χ0v) is 11.8. The molecule has 0 bridgehead atoms. The molecule has 0 aliphatic carbocycles. The number of aromatic carboxylic acids is 1. The van der Waals surface area contributed by atoms with Crippen molar-refractivity contribution < 1.29 is 18.5 Å². The molecule has 0 saturated heterocycles. The molecule has 0 radical (unpaired) electrons. The van der Waals surface area contributed by atoms with Crippen LogP contribution in [0.15, 0.2) is 34.5 Å². The SMILES string of the molecule is O=C(O)c1sccc1CS(=O)c1ccc(F)c(Cl)c1. The van der Waals surface area contributed by atoms with E-state index in [9.17, 15) is 13.4 Å². The van der Waals surface area contributed by atoms with Crippen LogP contribution in [0.1, 0.15) is 15.2 Å². The van der Waals surface area contributed by atoms with E-state index in [1.54, 1.807) is 11.4 Å². The van der Waals surface area contributed by atoms with Gasteiger partial charge in [-0.15, -0.1) is 11.3 Å². The Balaban J connectivity index is 2.23. The summed E-state index contributed by atoms with van der Waals surface area (Å²) in [6, 6.07) is 5.43. The predicted molar refractivity (Wildman–Crippen MR) is 72.8 cm³/mol. The summed E-state index contributed by atoms with van der Waals surface area (Å²) < 4.78 is 25.1. The Morgan fingerprint density at radius 1 is 1.42 bits per heavy atom. The van der Waals surface area contributed by atoms with Crippen LogP contribution in [-0.2, 0) is 16.6 Å². The Kier molecular flexibility index (Phi) is 4.34. The zero-order chi connectivity index (χ0) is 14.0. The zero-order valence-electron chi connectivity index (χ0n) is 9.43. The van der Waals surface area contributed by atoms with Crippen molar-refractivity contribution in [3.05, 3.63) is 50.9 Å². The molecule has 19 heavy (non-hydrogen) atoms. The molecule has 0 fully saturated rings. The van der Waals surface area contributed by atoms with Gasteiger partial charge >= 0.3 is 5.97 Å². The summed E-state index contributed by atoms with van der Waals surface area (Å²) in [4.78, 5) is 11.5. The Bertz CT molecular complexity index is 654. The molecule has 0 saturated carbocycles. The van der Waals surface area contributed by atoms with E-state index in [0.29, 0.717) is 10.5 Å². The number of thiophene rings is 1. The van der Waals surface area contributed by atoms with Crippen molar-refractivity contribution in [1.82, 2.24) is 0 Å². The molecule has 3 nitrogen and oxygen atoms in total. The van der Waals surface area contributed by atoms with Gasteiger partial charge < -0.3 is 5.11 Å². The first-order valence-corrected chi connectivity index (χ1v) is 7.70. The van der Waals surface area contributed by atoms with Crippen LogP contribution >= 0.6 is 22.9 Å². The Morgan fingerprint density at radius 2 is 2.16 bits per heavy atom. The van der Waals surface area contributed by atoms with Gasteiger partial charge in [-0.2, -0.15) is 0 Å². The van der Waals surface area contributed by atoms with Crippen molar-refractivity contribution in [3.63, 3.8) is 0 Å². The minimum Gasteiger partial charge on any atom is -0.477 e. The van der Waals surface area contributed by atoms with Gasteiger partial charge in [-0.1, -0.05) is 11.6 Å². The number of rotatable bonds is 4. The maximum absolute atomic E-state index is 13.0. The Hall–Kier alpha value is -1.24. The molecule has 100 valence electrons. The van der Waals surface area contributed by atoms with Crippen LogP contribution in [-0.4, -0.2) is 15.3 Å². The summed E-state index contributed by atoms with van der Waals surface area (Å²) >= 11 is 6.70. The summed E-state index contributed by atoms with van der Waals surface area (Å²) in [7, 11) is -1.47. The van der Waals surface area contributed by atoms with Gasteiger partial charge in [-0.25, -0.2) is 9.18 Å². The molecule has 1 aromatic heterocycles. The lowest BCUT2D eigenvalue weighted by atomic mass is 10.3. The second-order valence-corrected chi connectivity index (χ2v) is 6.42. The standard InChI is InChI=1S/C12H8ClFO3S2/c13-9-5-8(1-2-10(9)14)19(17)6-7-3-4-18-11(7)12(15)16/h1-5H,6H2,(H,15,16). The first kappa shape index (κ1) is 14.2. The van der Waals surface area contributed by atoms with Crippen molar-refractivity contribution in [1.29, 1.82) is 0 Å². The molecule has 1 unspecified atom stereocenters. The van der Waals surface area contributed by atoms with E-state index in [0.717, 1.165) is 17.4 Å². The van der Waals surface area contributed by atoms with Gasteiger partial charge in [0.1, 0.15) is 10.7 Å². The summed E-state index contributed by atoms with van der Waals surface area (Å²) in [5.41, 5.74) is 0.497. The van der Waals surface area contributed by atoms with Crippen LogP contribution in [0.3, 0.4) is 0 Å². The van der Waals surface area contributed by atoms with Gasteiger partial charge in [0, 0.05) is 4.90 Å². The maximum Gasteiger partial charge on any atom is 0.346 e. The number of benzene rings is 1. The van der Waals surface area contributed by atoms with Crippen LogP contribution in [0.5, 0.6) is 0 Å². The lowest BCUT2D eigenvalue weighted by Gasteiger charge is -2.03. The van der Waals surface area contributed by atoms with Crippen LogP contribution in [0.2, 0.25) is 5.02 Å². The summed E-state index contributed by atoms with van der Waals surface area (Å²) in [6.07, 6.45) is 0. The predicted octanol–water partition coefficient (Wildman–Crippen LogP) is 3.55. The molecule has 1 N–H and O–H groups in total. The second-order valence-electron chi connectivity index (χ2n) is 3.65. The third kappa shape index (κ3) is 3.20. The number of hydrogen-bond donors (Lipinski definition) is 1. The Labute approximate surface area is 120 Å². The fourth-order valence-electron chi connectivity index (χ4n) is 1.48. The fraction of sp³-hybridized carbons (Fsp3) is 0.0833. The van der Waals surface area contributed by atoms with Crippen molar-refractivity contribution in [3.8, 4) is 0 Å². The van der Waals surface area contributed by atoms with Gasteiger partial charge in [0.15, 0.2) is 0 Å². The first-order valence-electron chi connectivity index (χ1n) is 5.12. The molecule has 2 rings (SSSR count). The van der Waals surface area contributed by atoms with Crippen molar-refractivity contribution >= 4 is 39.7 Å². The quantitative estimate of drug-likeness (QED) is 0.938. The maximum atomic E-state index is 13.0. The number of carbonyl (C=O) groups is 1. The highest BCUT2D eigenvalue weighted by Gasteiger charge is 2.15. The van der Waals surface area contributed by atoms with E-state index >= 15 is 0 Å². The molecule has 1 aromatic carbocycles. The van der Waals surface area contributed by atoms with Gasteiger partial charge in [-0.05, 0) is 35.2 Å². The van der Waals surface area contributed by atoms with Crippen LogP contribution < -0.4 is 0 Å². The van der Waals surface area contributed by atoms with E-state index < -0.39 is 22.6 Å². The van der Waals surface area contributed by atoms with Crippen molar-refractivity contribution in [2.45, 2.75) is 10.6 Å². The molecule has 0 aliphatic heterocycles. The molecule has 0 aliphatic rings. The first-order chi connectivity index (χ1) is 8.99. The molecule has 0 spiro atoms. The average molecular weight is 319 g/mol. The lowest BCUT2D eigenvalue weighted by molar-refractivity contribution is 0.0701. The van der Waals surface area contributed by atoms with Crippen molar-refractivity contribution in [2.24, 2.45) is 0 Å². The van der Waals surface area contributed by atoms with Crippen LogP contribution in [0.25, 0.3) is 0 Å². The minimum atomic E-state index is -1.47. The van der Waals surface area contributed by atoms with E-state index in [-0.39, 0.29) is 15.7 Å². The summed E-state index contributed by atoms with van der Waals surface area (Å²) in [6.45, 7) is 0. The van der Waals surface area contributed by atoms with Gasteiger partial charge in [0.25, 0.3) is 0 Å². The molecule has 1 heterocycles. The summed E-state index contributed by atoms with van der Waals surface area (Å²) in [5.74, 6) is -1.56. The largest absolute Gasteiger partial charge is 0.477 e. The monoisotopic (exact) mass is 318 g/mol. The smallest absolute Gasteiger partial charge is 0.346 e. The third-order valence-corrected chi connectivity index (χ3v) is 4.97. The van der Waals surface area contributed by atoms with Gasteiger partial charge in [-0.3, -0.25) is 4.21 Å². The van der Waals surface area contributed by atoms with Crippen molar-refractivity contribution in [2.75, 3.05) is 0 Å². The topological polar surface area (TPSA) is 54.4 Å². The molecule has 1 atom stereocenters. The van der Waals surface area contributed by atoms with E-state index in [2.05, 4.69) is 0 Å². The highest BCUT2D eigenvalue weighted by Crippen LogP contribution is 2.23. The normalized spacial score (nSPS) is 12.3. The van der Waals surface area contributed by atoms with Gasteiger partial charge in [0.05, 0.1) is 21.6 Å². The average Bonchev–Trinajstić information content (AvgIpc) is 2.80. The molecule has 0 amide bonds. The van der Waals surface area contributed by atoms with E-state index in [1.165, 1.54) is 12.1 Å². The number of halogens is 2. The van der Waals surface area contributed by atoms with Crippen LogP contribution in [0, 0.1) is 5.82 Å². The Morgan fingerprint density at radius 3 is 2.79 bits per heavy atom. The van der Waals surface area contributed by atoms with Crippen LogP contribution in [0.4, 0.5) is 4.39 Å². The molecule has 2 aromatic rings. The minimum absolute atomic E-state index is 0.0626. The summed E-state index contributed by atoms with van der Waals surface area (Å²) in [5, 5.41) is 10.5. The van der Waals surface area contributed by atoms with Gasteiger partial charge in [0.2, 0.25) is 0 Å². The lowest BCUT2D eigenvalue weighted by Crippen LogP contribution is -2.02. The molecule has 7 heteroatoms. The molecular formula is C12H8ClFO3S2. The molecular weight excluding hydrogens is 311 g/mol. The fourth-order valence-corrected chi connectivity index (χ4v) is 3.74. The van der Waals surface area contributed by atoms with E-state index in [1.807, 2.05) is 0 Å². The number of hydrogen-bond acceptors (Lipinski definition) is 3. The highest BCUT2D eigenvalue weighted by molar-refractivity contribution is 7.84. The number of carboxylic acids is 1. The highest BCUT2D eigenvalue weighted by atomic mass is 35.5. The second kappa shape index (κ2) is 5.81.